The van der Waals surface area contributed by atoms with Crippen molar-refractivity contribution in [3.8, 4) is 0 Å². The quantitative estimate of drug-likeness (QED) is 0.732. The van der Waals surface area contributed by atoms with Crippen molar-refractivity contribution in [2.45, 2.75) is 13.5 Å². The van der Waals surface area contributed by atoms with Gasteiger partial charge in [0.2, 0.25) is 0 Å². The molecule has 1 aliphatic rings. The maximum atomic E-state index is 13.1. The van der Waals surface area contributed by atoms with Gasteiger partial charge in [0, 0.05) is 38.9 Å². The monoisotopic (exact) mass is 338 g/mol. The molecule has 1 aromatic heterocycles. The first-order chi connectivity index (χ1) is 12.1. The van der Waals surface area contributed by atoms with Crippen molar-refractivity contribution >= 4 is 16.7 Å². The summed E-state index contributed by atoms with van der Waals surface area (Å²) in [5.74, 6) is 0.930. The third-order valence-electron chi connectivity index (χ3n) is 5.12. The van der Waals surface area contributed by atoms with E-state index >= 15 is 0 Å². The topological polar surface area (TPSA) is 24.3 Å². The Morgan fingerprint density at radius 3 is 2.40 bits per heavy atom. The van der Waals surface area contributed by atoms with Crippen LogP contribution in [0.5, 0.6) is 0 Å². The van der Waals surface area contributed by atoms with Crippen molar-refractivity contribution in [1.82, 2.24) is 14.5 Å². The van der Waals surface area contributed by atoms with E-state index in [4.69, 9.17) is 4.98 Å². The molecule has 0 amide bonds. The normalized spacial score (nSPS) is 15.9. The lowest BCUT2D eigenvalue weighted by molar-refractivity contribution is 0.242. The Labute approximate surface area is 147 Å². The van der Waals surface area contributed by atoms with E-state index in [9.17, 15) is 4.39 Å². The van der Waals surface area contributed by atoms with Crippen LogP contribution in [0.25, 0.3) is 11.0 Å². The Balaban J connectivity index is 1.44. The molecule has 4 nitrogen and oxygen atoms in total. The molecule has 0 N–H and O–H groups in total. The first-order valence-electron chi connectivity index (χ1n) is 8.75. The molecule has 5 heteroatoms. The van der Waals surface area contributed by atoms with Crippen molar-refractivity contribution in [2.75, 3.05) is 31.1 Å². The largest absolute Gasteiger partial charge is 0.369 e. The van der Waals surface area contributed by atoms with Crippen molar-refractivity contribution in [1.29, 1.82) is 0 Å². The predicted molar refractivity (Wildman–Crippen MR) is 99.3 cm³/mol. The second-order valence-electron chi connectivity index (χ2n) is 6.77. The SMILES string of the molecule is Cc1cccc2nc(CN3CCN(c4ccc(F)cc4)CC3)n(C)c12. The van der Waals surface area contributed by atoms with Gasteiger partial charge in [-0.1, -0.05) is 12.1 Å². The number of fused-ring (bicyclic) bond motifs is 1. The number of anilines is 1. The number of rotatable bonds is 3. The highest BCUT2D eigenvalue weighted by atomic mass is 19.1. The zero-order valence-electron chi connectivity index (χ0n) is 14.7. The van der Waals surface area contributed by atoms with Crippen molar-refractivity contribution in [2.24, 2.45) is 7.05 Å². The van der Waals surface area contributed by atoms with E-state index in [1.54, 1.807) is 0 Å². The molecule has 0 unspecified atom stereocenters. The van der Waals surface area contributed by atoms with Gasteiger partial charge >= 0.3 is 0 Å². The molecule has 0 saturated carbocycles. The van der Waals surface area contributed by atoms with Crippen LogP contribution in [-0.4, -0.2) is 40.6 Å². The molecule has 0 radical (unpaired) electrons. The van der Waals surface area contributed by atoms with Crippen LogP contribution in [0.3, 0.4) is 0 Å². The summed E-state index contributed by atoms with van der Waals surface area (Å²) in [6.45, 7) is 6.87. The number of nitrogens with zero attached hydrogens (tertiary/aromatic N) is 4. The third-order valence-corrected chi connectivity index (χ3v) is 5.12. The fraction of sp³-hybridized carbons (Fsp3) is 0.350. The number of hydrogen-bond acceptors (Lipinski definition) is 3. The second kappa shape index (κ2) is 6.48. The molecule has 1 fully saturated rings. The molecular weight excluding hydrogens is 315 g/mol. The number of para-hydroxylation sites is 1. The van der Waals surface area contributed by atoms with Crippen LogP contribution in [0, 0.1) is 12.7 Å². The molecule has 1 aliphatic heterocycles. The molecule has 130 valence electrons. The third kappa shape index (κ3) is 3.12. The lowest BCUT2D eigenvalue weighted by Gasteiger charge is -2.35. The van der Waals surface area contributed by atoms with Crippen molar-refractivity contribution < 1.29 is 4.39 Å². The fourth-order valence-corrected chi connectivity index (χ4v) is 3.67. The van der Waals surface area contributed by atoms with E-state index in [-0.39, 0.29) is 5.82 Å². The zero-order valence-corrected chi connectivity index (χ0v) is 14.7. The van der Waals surface area contributed by atoms with Crippen LogP contribution in [0.2, 0.25) is 0 Å². The smallest absolute Gasteiger partial charge is 0.123 e. The minimum absolute atomic E-state index is 0.181. The first-order valence-corrected chi connectivity index (χ1v) is 8.75. The van der Waals surface area contributed by atoms with E-state index < -0.39 is 0 Å². The highest BCUT2D eigenvalue weighted by molar-refractivity contribution is 5.79. The summed E-state index contributed by atoms with van der Waals surface area (Å²) < 4.78 is 15.3. The Hall–Kier alpha value is -2.40. The molecule has 0 spiro atoms. The summed E-state index contributed by atoms with van der Waals surface area (Å²) >= 11 is 0. The summed E-state index contributed by atoms with van der Waals surface area (Å²) in [5, 5.41) is 0. The fourth-order valence-electron chi connectivity index (χ4n) is 3.67. The summed E-state index contributed by atoms with van der Waals surface area (Å²) in [4.78, 5) is 9.58. The molecule has 25 heavy (non-hydrogen) atoms. The molecule has 2 heterocycles. The lowest BCUT2D eigenvalue weighted by atomic mass is 10.2. The Kier molecular flexibility index (Phi) is 4.17. The van der Waals surface area contributed by atoms with Gasteiger partial charge in [0.05, 0.1) is 17.6 Å². The number of imidazole rings is 1. The number of hydrogen-bond donors (Lipinski definition) is 0. The zero-order chi connectivity index (χ0) is 17.4. The Morgan fingerprint density at radius 1 is 1.00 bits per heavy atom. The van der Waals surface area contributed by atoms with E-state index in [2.05, 4.69) is 46.5 Å². The van der Waals surface area contributed by atoms with Gasteiger partial charge in [-0.3, -0.25) is 4.90 Å². The van der Waals surface area contributed by atoms with Crippen LogP contribution in [0.4, 0.5) is 10.1 Å². The van der Waals surface area contributed by atoms with Gasteiger partial charge < -0.3 is 9.47 Å². The Morgan fingerprint density at radius 2 is 1.72 bits per heavy atom. The van der Waals surface area contributed by atoms with E-state index in [0.717, 1.165) is 49.8 Å². The highest BCUT2D eigenvalue weighted by Gasteiger charge is 2.19. The standard InChI is InChI=1S/C20H23FN4/c1-15-4-3-5-18-20(15)23(2)19(22-18)14-24-10-12-25(13-11-24)17-8-6-16(21)7-9-17/h3-9H,10-14H2,1-2H3. The van der Waals surface area contributed by atoms with Crippen LogP contribution in [-0.2, 0) is 13.6 Å². The molecule has 2 aromatic carbocycles. The van der Waals surface area contributed by atoms with Gasteiger partial charge in [-0.05, 0) is 42.8 Å². The first kappa shape index (κ1) is 16.1. The molecule has 3 aromatic rings. The number of aromatic nitrogens is 2. The molecule has 4 rings (SSSR count). The van der Waals surface area contributed by atoms with Gasteiger partial charge in [0.15, 0.2) is 0 Å². The summed E-state index contributed by atoms with van der Waals surface area (Å²) in [6, 6.07) is 13.1. The maximum Gasteiger partial charge on any atom is 0.123 e. The second-order valence-corrected chi connectivity index (χ2v) is 6.77. The molecule has 0 aliphatic carbocycles. The highest BCUT2D eigenvalue weighted by Crippen LogP contribution is 2.21. The number of halogens is 1. The van der Waals surface area contributed by atoms with Gasteiger partial charge in [-0.25, -0.2) is 9.37 Å². The van der Waals surface area contributed by atoms with Crippen LogP contribution < -0.4 is 4.90 Å². The molecule has 0 atom stereocenters. The Bertz CT molecular complexity index is 877. The van der Waals surface area contributed by atoms with Gasteiger partial charge in [-0.2, -0.15) is 0 Å². The molecule has 1 saturated heterocycles. The molecular formula is C20H23FN4. The average molecular weight is 338 g/mol. The number of aryl methyl sites for hydroxylation is 2. The van der Waals surface area contributed by atoms with Crippen LogP contribution in [0.1, 0.15) is 11.4 Å². The minimum Gasteiger partial charge on any atom is -0.369 e. The van der Waals surface area contributed by atoms with E-state index in [1.165, 1.54) is 23.2 Å². The molecule has 0 bridgehead atoms. The summed E-state index contributed by atoms with van der Waals surface area (Å²) in [7, 11) is 2.10. The minimum atomic E-state index is -0.181. The van der Waals surface area contributed by atoms with E-state index in [0.29, 0.717) is 0 Å². The van der Waals surface area contributed by atoms with Gasteiger partial charge in [0.1, 0.15) is 11.6 Å². The van der Waals surface area contributed by atoms with Crippen LogP contribution in [0.15, 0.2) is 42.5 Å². The van der Waals surface area contributed by atoms with E-state index in [1.807, 2.05) is 12.1 Å². The van der Waals surface area contributed by atoms with Gasteiger partial charge in [0.25, 0.3) is 0 Å². The maximum absolute atomic E-state index is 13.1. The van der Waals surface area contributed by atoms with Crippen LogP contribution >= 0.6 is 0 Å². The van der Waals surface area contributed by atoms with Crippen molar-refractivity contribution in [3.63, 3.8) is 0 Å². The van der Waals surface area contributed by atoms with Crippen molar-refractivity contribution in [3.05, 3.63) is 59.7 Å². The summed E-state index contributed by atoms with van der Waals surface area (Å²) in [5.41, 5.74) is 4.66. The summed E-state index contributed by atoms with van der Waals surface area (Å²) in [6.07, 6.45) is 0. The lowest BCUT2D eigenvalue weighted by Crippen LogP contribution is -2.46. The predicted octanol–water partition coefficient (Wildman–Crippen LogP) is 3.34. The van der Waals surface area contributed by atoms with Gasteiger partial charge in [-0.15, -0.1) is 0 Å². The average Bonchev–Trinajstić information content (AvgIpc) is 2.93. The number of benzene rings is 2. The number of piperazine rings is 1.